The molecule has 0 atom stereocenters. The molecule has 17 heavy (non-hydrogen) atoms. The first-order valence-electron chi connectivity index (χ1n) is 5.43. The molecular weight excluding hydrogens is 208 g/mol. The average Bonchev–Trinajstić information content (AvgIpc) is 2.40. The third-order valence-corrected chi connectivity index (χ3v) is 1.88. The second-order valence-electron chi connectivity index (χ2n) is 3.19. The van der Waals surface area contributed by atoms with Crippen molar-refractivity contribution in [1.29, 1.82) is 0 Å². The molecule has 0 amide bonds. The Morgan fingerprint density at radius 1 is 0.765 bits per heavy atom. The summed E-state index contributed by atoms with van der Waals surface area (Å²) < 4.78 is 4.90. The van der Waals surface area contributed by atoms with Gasteiger partial charge in [0.1, 0.15) is 0 Å². The highest BCUT2D eigenvalue weighted by Crippen LogP contribution is 2.05. The van der Waals surface area contributed by atoms with E-state index in [1.54, 1.807) is 12.2 Å². The molecule has 0 N–H and O–H groups in total. The monoisotopic (exact) mass is 228 g/mol. The third kappa shape index (κ3) is 8.00. The van der Waals surface area contributed by atoms with Crippen LogP contribution < -0.4 is 0 Å². The molecule has 1 rings (SSSR count). The maximum atomic E-state index is 4.90. The molecule has 0 aliphatic carbocycles. The van der Waals surface area contributed by atoms with Crippen LogP contribution in [0.25, 0.3) is 12.2 Å². The van der Waals surface area contributed by atoms with Crippen LogP contribution in [0.3, 0.4) is 0 Å². The van der Waals surface area contributed by atoms with Gasteiger partial charge in [-0.3, -0.25) is 0 Å². The Morgan fingerprint density at radius 3 is 1.35 bits per heavy atom. The lowest BCUT2D eigenvalue weighted by molar-refractivity contribution is 0.194. The largest absolute Gasteiger partial charge is 0.373 e. The van der Waals surface area contributed by atoms with E-state index in [2.05, 4.69) is 26.3 Å². The zero-order valence-electron chi connectivity index (χ0n) is 10.3. The maximum Gasteiger partial charge on any atom is 0.0649 e. The molecule has 1 nitrogen and oxygen atoms in total. The van der Waals surface area contributed by atoms with Gasteiger partial charge in [0.15, 0.2) is 0 Å². The van der Waals surface area contributed by atoms with Crippen LogP contribution in [0.2, 0.25) is 0 Å². The summed E-state index contributed by atoms with van der Waals surface area (Å²) in [5, 5.41) is 0. The minimum absolute atomic E-state index is 0.617. The van der Waals surface area contributed by atoms with Crippen LogP contribution >= 0.6 is 0 Å². The predicted molar refractivity (Wildman–Crippen MR) is 77.8 cm³/mol. The fourth-order valence-corrected chi connectivity index (χ4v) is 1.00. The highest BCUT2D eigenvalue weighted by molar-refractivity contribution is 5.53. The Kier molecular flexibility index (Phi) is 9.49. The molecule has 90 valence electrons. The summed E-state index contributed by atoms with van der Waals surface area (Å²) in [5.41, 5.74) is 2.29. The third-order valence-electron chi connectivity index (χ3n) is 1.88. The number of hydrogen-bond acceptors (Lipinski definition) is 1. The lowest BCUT2D eigenvalue weighted by Gasteiger charge is -1.92. The van der Waals surface area contributed by atoms with Crippen molar-refractivity contribution in [3.05, 3.63) is 73.9 Å². The van der Waals surface area contributed by atoms with Crippen LogP contribution in [0.15, 0.2) is 62.7 Å². The first-order valence-corrected chi connectivity index (χ1v) is 5.43. The van der Waals surface area contributed by atoms with E-state index in [-0.39, 0.29) is 0 Å². The molecule has 1 aromatic rings. The van der Waals surface area contributed by atoms with Gasteiger partial charge in [-0.2, -0.15) is 0 Å². The number of rotatable bonds is 6. The molecule has 0 bridgehead atoms. The van der Waals surface area contributed by atoms with E-state index in [9.17, 15) is 0 Å². The summed E-state index contributed by atoms with van der Waals surface area (Å²) in [5.74, 6) is 0. The molecule has 0 radical (unpaired) electrons. The van der Waals surface area contributed by atoms with Gasteiger partial charge in [-0.1, -0.05) is 61.7 Å². The molecule has 0 aliphatic rings. The topological polar surface area (TPSA) is 9.23 Å². The normalized spacial score (nSPS) is 8.47. The molecule has 0 saturated carbocycles. The second-order valence-corrected chi connectivity index (χ2v) is 3.19. The van der Waals surface area contributed by atoms with E-state index in [4.69, 9.17) is 4.74 Å². The summed E-state index contributed by atoms with van der Waals surface area (Å²) in [6, 6.07) is 8.07. The Bertz CT molecular complexity index is 311. The van der Waals surface area contributed by atoms with E-state index >= 15 is 0 Å². The molecule has 0 heterocycles. The predicted octanol–water partition coefficient (Wildman–Crippen LogP) is 4.35. The smallest absolute Gasteiger partial charge is 0.0649 e. The number of ether oxygens (including phenoxy) is 1. The van der Waals surface area contributed by atoms with Crippen LogP contribution in [0, 0.1) is 0 Å². The van der Waals surface area contributed by atoms with Crippen molar-refractivity contribution in [3.63, 3.8) is 0 Å². The van der Waals surface area contributed by atoms with Crippen molar-refractivity contribution in [3.8, 4) is 0 Å². The Labute approximate surface area is 104 Å². The highest BCUT2D eigenvalue weighted by atomic mass is 16.5. The quantitative estimate of drug-likeness (QED) is 0.519. The van der Waals surface area contributed by atoms with Gasteiger partial charge in [0.25, 0.3) is 0 Å². The van der Waals surface area contributed by atoms with E-state index in [1.165, 1.54) is 0 Å². The first-order chi connectivity index (χ1) is 8.28. The number of hydrogen-bond donors (Lipinski definition) is 0. The number of benzene rings is 1. The van der Waals surface area contributed by atoms with Crippen molar-refractivity contribution in [2.45, 2.75) is 0 Å². The zero-order chi connectivity index (χ0) is 12.9. The van der Waals surface area contributed by atoms with E-state index in [0.717, 1.165) is 11.1 Å². The van der Waals surface area contributed by atoms with Gasteiger partial charge in [0.05, 0.1) is 13.2 Å². The standard InChI is InChI=1S/C10H10.C6H10O/c1-3-9-5-7-10(4-2)8-6-9;1-3-5-7-6-4-2/h3-8H,1-2H2;3-4H,1-2,5-6H2. The molecule has 0 fully saturated rings. The van der Waals surface area contributed by atoms with Crippen LogP contribution in [0.5, 0.6) is 0 Å². The molecule has 0 saturated heterocycles. The van der Waals surface area contributed by atoms with Gasteiger partial charge < -0.3 is 4.74 Å². The second kappa shape index (κ2) is 10.7. The first kappa shape index (κ1) is 15.1. The van der Waals surface area contributed by atoms with Crippen molar-refractivity contribution in [2.24, 2.45) is 0 Å². The minimum atomic E-state index is 0.617. The van der Waals surface area contributed by atoms with Gasteiger partial charge in [0.2, 0.25) is 0 Å². The Balaban J connectivity index is 0.000000325. The molecule has 0 spiro atoms. The Hall–Kier alpha value is -1.86. The minimum Gasteiger partial charge on any atom is -0.373 e. The van der Waals surface area contributed by atoms with Gasteiger partial charge in [-0.15, -0.1) is 13.2 Å². The summed E-state index contributed by atoms with van der Waals surface area (Å²) in [6.07, 6.45) is 7.08. The van der Waals surface area contributed by atoms with Gasteiger partial charge in [-0.05, 0) is 11.1 Å². The summed E-state index contributed by atoms with van der Waals surface area (Å²) in [4.78, 5) is 0. The van der Waals surface area contributed by atoms with E-state index < -0.39 is 0 Å². The van der Waals surface area contributed by atoms with Crippen molar-refractivity contribution in [2.75, 3.05) is 13.2 Å². The molecular formula is C16H20O. The lowest BCUT2D eigenvalue weighted by atomic mass is 10.1. The zero-order valence-corrected chi connectivity index (χ0v) is 10.3. The van der Waals surface area contributed by atoms with Crippen LogP contribution in [-0.4, -0.2) is 13.2 Å². The van der Waals surface area contributed by atoms with E-state index in [0.29, 0.717) is 13.2 Å². The molecule has 0 aliphatic heterocycles. The SMILES string of the molecule is C=CCOCC=C.C=Cc1ccc(C=C)cc1. The van der Waals surface area contributed by atoms with E-state index in [1.807, 2.05) is 36.4 Å². The van der Waals surface area contributed by atoms with Crippen LogP contribution in [0.1, 0.15) is 11.1 Å². The average molecular weight is 228 g/mol. The summed E-state index contributed by atoms with van der Waals surface area (Å²) in [7, 11) is 0. The molecule has 0 aromatic heterocycles. The maximum absolute atomic E-state index is 4.90. The lowest BCUT2D eigenvalue weighted by Crippen LogP contribution is -1.87. The van der Waals surface area contributed by atoms with Crippen molar-refractivity contribution < 1.29 is 4.74 Å². The van der Waals surface area contributed by atoms with Crippen LogP contribution in [-0.2, 0) is 4.74 Å². The fraction of sp³-hybridized carbons (Fsp3) is 0.125. The molecule has 1 heteroatoms. The van der Waals surface area contributed by atoms with Gasteiger partial charge in [0, 0.05) is 0 Å². The fourth-order valence-electron chi connectivity index (χ4n) is 1.00. The van der Waals surface area contributed by atoms with Crippen molar-refractivity contribution >= 4 is 12.2 Å². The highest BCUT2D eigenvalue weighted by Gasteiger charge is 1.84. The molecule has 1 aromatic carbocycles. The van der Waals surface area contributed by atoms with Gasteiger partial charge >= 0.3 is 0 Å². The Morgan fingerprint density at radius 2 is 1.12 bits per heavy atom. The van der Waals surface area contributed by atoms with Gasteiger partial charge in [-0.25, -0.2) is 0 Å². The summed E-state index contributed by atoms with van der Waals surface area (Å²) in [6.45, 7) is 15.5. The van der Waals surface area contributed by atoms with Crippen molar-refractivity contribution in [1.82, 2.24) is 0 Å². The summed E-state index contributed by atoms with van der Waals surface area (Å²) >= 11 is 0. The molecule has 0 unspecified atom stereocenters. The van der Waals surface area contributed by atoms with Crippen LogP contribution in [0.4, 0.5) is 0 Å².